The maximum atomic E-state index is 8.23. The first kappa shape index (κ1) is 12.3. The van der Waals surface area contributed by atoms with Gasteiger partial charge in [0.2, 0.25) is 5.65 Å². The summed E-state index contributed by atoms with van der Waals surface area (Å²) in [4.78, 5) is 0. The standard InChI is InChI=1S/C26H26N3/c1-17-16-27(4)24(15-22(17)20-11-7-6-8-12-20)29-23-14-10-9-13-21(23)25-18(2)19(3)28(5)26(25)29/h6-16H,1-5H3/q+1/i1D3,2D3. The van der Waals surface area contributed by atoms with Gasteiger partial charge in [-0.05, 0) is 55.0 Å². The largest absolute Gasteiger partial charge is 0.315 e. The Morgan fingerprint density at radius 3 is 2.48 bits per heavy atom. The molecule has 2 aromatic carbocycles. The molecule has 144 valence electrons. The molecule has 0 saturated heterocycles. The topological polar surface area (TPSA) is 13.7 Å². The van der Waals surface area contributed by atoms with Gasteiger partial charge < -0.3 is 4.57 Å². The molecule has 0 N–H and O–H groups in total. The van der Waals surface area contributed by atoms with Crippen LogP contribution in [0.1, 0.15) is 25.0 Å². The number of benzene rings is 2. The number of aryl methyl sites for hydroxylation is 4. The van der Waals surface area contributed by atoms with Crippen molar-refractivity contribution in [1.29, 1.82) is 0 Å². The summed E-state index contributed by atoms with van der Waals surface area (Å²) in [5, 5.41) is 1.54. The van der Waals surface area contributed by atoms with Gasteiger partial charge >= 0.3 is 0 Å². The van der Waals surface area contributed by atoms with Crippen LogP contribution in [0.3, 0.4) is 0 Å². The van der Waals surface area contributed by atoms with Gasteiger partial charge in [0.05, 0.1) is 18.6 Å². The second-order valence-corrected chi connectivity index (χ2v) is 7.51. The predicted molar refractivity (Wildman–Crippen MR) is 121 cm³/mol. The normalized spacial score (nSPS) is 15.6. The van der Waals surface area contributed by atoms with Gasteiger partial charge in [0.25, 0.3) is 5.82 Å². The minimum atomic E-state index is -2.30. The van der Waals surface area contributed by atoms with Gasteiger partial charge in [0.1, 0.15) is 5.52 Å². The number of fused-ring (bicyclic) bond motifs is 3. The van der Waals surface area contributed by atoms with Crippen LogP contribution in [0.4, 0.5) is 0 Å². The summed E-state index contributed by atoms with van der Waals surface area (Å²) in [6, 6.07) is 19.1. The molecule has 5 rings (SSSR count). The molecule has 5 aromatic rings. The van der Waals surface area contributed by atoms with Gasteiger partial charge in [-0.15, -0.1) is 0 Å². The first-order valence-electron chi connectivity index (χ1n) is 12.6. The number of hydrogen-bond donors (Lipinski definition) is 0. The molecule has 3 aromatic heterocycles. The summed E-state index contributed by atoms with van der Waals surface area (Å²) in [6.07, 6.45) is 1.66. The Hall–Kier alpha value is -3.33. The fraction of sp³-hybridized carbons (Fsp3) is 0.192. The highest BCUT2D eigenvalue weighted by atomic mass is 15.2. The summed E-state index contributed by atoms with van der Waals surface area (Å²) in [6.45, 7) is -2.75. The van der Waals surface area contributed by atoms with Crippen molar-refractivity contribution < 1.29 is 12.8 Å². The molecule has 3 nitrogen and oxygen atoms in total. The van der Waals surface area contributed by atoms with Gasteiger partial charge in [-0.2, -0.15) is 4.57 Å². The van der Waals surface area contributed by atoms with Gasteiger partial charge in [0.15, 0.2) is 0 Å². The van der Waals surface area contributed by atoms with E-state index in [0.29, 0.717) is 22.2 Å². The van der Waals surface area contributed by atoms with E-state index < -0.39 is 13.7 Å². The van der Waals surface area contributed by atoms with Crippen molar-refractivity contribution >= 4 is 21.9 Å². The van der Waals surface area contributed by atoms with Gasteiger partial charge in [0, 0.05) is 32.4 Å². The van der Waals surface area contributed by atoms with E-state index in [1.807, 2.05) is 90.8 Å². The molecule has 29 heavy (non-hydrogen) atoms. The molecule has 0 aliphatic heterocycles. The van der Waals surface area contributed by atoms with Gasteiger partial charge in [-0.3, -0.25) is 0 Å². The average molecular weight is 387 g/mol. The van der Waals surface area contributed by atoms with Crippen molar-refractivity contribution in [3.8, 4) is 16.9 Å². The van der Waals surface area contributed by atoms with E-state index in [1.54, 1.807) is 10.8 Å². The van der Waals surface area contributed by atoms with Crippen molar-refractivity contribution in [1.82, 2.24) is 9.13 Å². The van der Waals surface area contributed by atoms with Crippen LogP contribution in [0.15, 0.2) is 66.9 Å². The zero-order valence-corrected chi connectivity index (χ0v) is 16.7. The van der Waals surface area contributed by atoms with Crippen LogP contribution >= 0.6 is 0 Å². The molecule has 0 spiro atoms. The Kier molecular flexibility index (Phi) is 2.69. The molecule has 3 heterocycles. The van der Waals surface area contributed by atoms with E-state index in [9.17, 15) is 0 Å². The molecular weight excluding hydrogens is 354 g/mol. The van der Waals surface area contributed by atoms with Crippen LogP contribution in [-0.2, 0) is 14.1 Å². The summed E-state index contributed by atoms with van der Waals surface area (Å²) < 4.78 is 54.9. The molecule has 0 saturated carbocycles. The zero-order valence-electron chi connectivity index (χ0n) is 22.7. The average Bonchev–Trinajstić information content (AvgIpc) is 3.25. The SMILES string of the molecule is [2H]C([2H])([2H])c1c[n+](C)c(-n2c3ccccc3c3c(C([2H])([2H])[2H])c(C)n(C)c32)cc1-c1ccccc1. The predicted octanol–water partition coefficient (Wildman–Crippen LogP) is 5.54. The van der Waals surface area contributed by atoms with E-state index in [4.69, 9.17) is 8.22 Å². The highest BCUT2D eigenvalue weighted by molar-refractivity contribution is 6.10. The minimum Gasteiger partial charge on any atom is -0.315 e. The van der Waals surface area contributed by atoms with Crippen molar-refractivity contribution in [2.45, 2.75) is 20.6 Å². The van der Waals surface area contributed by atoms with Crippen molar-refractivity contribution in [2.75, 3.05) is 0 Å². The molecule has 0 bridgehead atoms. The molecule has 0 unspecified atom stereocenters. The molecule has 0 aliphatic carbocycles. The molecule has 0 amide bonds. The summed E-state index contributed by atoms with van der Waals surface area (Å²) in [5.41, 5.74) is 4.32. The summed E-state index contributed by atoms with van der Waals surface area (Å²) >= 11 is 0. The second kappa shape index (κ2) is 6.35. The third kappa shape index (κ3) is 2.47. The van der Waals surface area contributed by atoms with E-state index >= 15 is 0 Å². The maximum Gasteiger partial charge on any atom is 0.288 e. The smallest absolute Gasteiger partial charge is 0.288 e. The Bertz CT molecular complexity index is 1590. The van der Waals surface area contributed by atoms with Crippen LogP contribution in [0.2, 0.25) is 0 Å². The number of pyridine rings is 1. The number of aromatic nitrogens is 3. The van der Waals surface area contributed by atoms with Gasteiger partial charge in [-0.1, -0.05) is 42.5 Å². The number of para-hydroxylation sites is 1. The molecular formula is C26H26N3+. The van der Waals surface area contributed by atoms with Gasteiger partial charge in [-0.25, -0.2) is 4.57 Å². The highest BCUT2D eigenvalue weighted by Crippen LogP contribution is 2.36. The van der Waals surface area contributed by atoms with E-state index in [1.165, 1.54) is 0 Å². The molecule has 0 radical (unpaired) electrons. The monoisotopic (exact) mass is 386 g/mol. The molecule has 0 atom stereocenters. The van der Waals surface area contributed by atoms with Crippen molar-refractivity contribution in [2.24, 2.45) is 14.1 Å². The third-order valence-corrected chi connectivity index (χ3v) is 5.84. The Morgan fingerprint density at radius 2 is 1.72 bits per heavy atom. The fourth-order valence-corrected chi connectivity index (χ4v) is 4.25. The third-order valence-electron chi connectivity index (χ3n) is 5.84. The van der Waals surface area contributed by atoms with Crippen LogP contribution in [0.25, 0.3) is 38.9 Å². The lowest BCUT2D eigenvalue weighted by atomic mass is 10.0. The lowest BCUT2D eigenvalue weighted by Gasteiger charge is -2.11. The first-order valence-corrected chi connectivity index (χ1v) is 9.60. The van der Waals surface area contributed by atoms with E-state index in [-0.39, 0.29) is 5.56 Å². The Morgan fingerprint density at radius 1 is 0.966 bits per heavy atom. The summed E-state index contributed by atoms with van der Waals surface area (Å²) in [7, 11) is 3.69. The molecule has 3 heteroatoms. The maximum absolute atomic E-state index is 8.23. The number of hydrogen-bond acceptors (Lipinski definition) is 0. The first-order chi connectivity index (χ1) is 16.4. The zero-order chi connectivity index (χ0) is 25.3. The Balaban J connectivity index is 1.95. The van der Waals surface area contributed by atoms with Crippen molar-refractivity contribution in [3.63, 3.8) is 0 Å². The molecule has 0 aliphatic rings. The Labute approximate surface area is 179 Å². The fourth-order valence-electron chi connectivity index (χ4n) is 4.25. The van der Waals surface area contributed by atoms with Crippen molar-refractivity contribution in [3.05, 3.63) is 83.7 Å². The summed E-state index contributed by atoms with van der Waals surface area (Å²) in [5.74, 6) is 0.737. The van der Waals surface area contributed by atoms with Crippen LogP contribution < -0.4 is 4.57 Å². The van der Waals surface area contributed by atoms with E-state index in [2.05, 4.69) is 0 Å². The number of nitrogens with zero attached hydrogens (tertiary/aromatic N) is 3. The number of rotatable bonds is 2. The second-order valence-electron chi connectivity index (χ2n) is 7.51. The quantitative estimate of drug-likeness (QED) is 0.354. The minimum absolute atomic E-state index is 0.258. The van der Waals surface area contributed by atoms with Crippen LogP contribution in [-0.4, -0.2) is 9.13 Å². The van der Waals surface area contributed by atoms with Crippen LogP contribution in [0, 0.1) is 20.6 Å². The van der Waals surface area contributed by atoms with Crippen LogP contribution in [0.5, 0.6) is 0 Å². The molecule has 0 fully saturated rings. The lowest BCUT2D eigenvalue weighted by Crippen LogP contribution is -2.34. The highest BCUT2D eigenvalue weighted by Gasteiger charge is 2.27. The van der Waals surface area contributed by atoms with E-state index in [0.717, 1.165) is 27.9 Å². The lowest BCUT2D eigenvalue weighted by molar-refractivity contribution is -0.665.